The largest absolute Gasteiger partial charge is 0.309 e. The number of para-hydroxylation sites is 3. The molecule has 6 heterocycles. The molecular formula is C132H84N18. The molecule has 0 spiro atoms. The van der Waals surface area contributed by atoms with Crippen LogP contribution in [0, 0.1) is 53.7 Å². The second kappa shape index (κ2) is 36.0. The molecule has 24 aromatic rings. The molecule has 0 unspecified atom stereocenters. The van der Waals surface area contributed by atoms with Crippen molar-refractivity contribution in [1.29, 1.82) is 15.8 Å². The van der Waals surface area contributed by atoms with Gasteiger partial charge in [-0.15, -0.1) is 0 Å². The highest BCUT2D eigenvalue weighted by atomic mass is 15.1. The zero-order valence-electron chi connectivity index (χ0n) is 82.2. The van der Waals surface area contributed by atoms with Crippen LogP contribution in [0.4, 0.5) is 17.1 Å². The van der Waals surface area contributed by atoms with Gasteiger partial charge in [-0.2, -0.15) is 15.8 Å². The fourth-order valence-electron chi connectivity index (χ4n) is 22.7. The van der Waals surface area contributed by atoms with Crippen molar-refractivity contribution in [3.8, 4) is 171 Å². The summed E-state index contributed by atoms with van der Waals surface area (Å²) in [6.07, 6.45) is 0. The van der Waals surface area contributed by atoms with E-state index in [1.54, 1.807) is 18.2 Å². The molecule has 0 saturated heterocycles. The summed E-state index contributed by atoms with van der Waals surface area (Å²) in [6, 6.07) is 141. The quantitative estimate of drug-likeness (QED) is 0.104. The third-order valence-electron chi connectivity index (χ3n) is 29.7. The van der Waals surface area contributed by atoms with Crippen LogP contribution in [-0.2, 0) is 16.2 Å². The molecule has 0 radical (unpaired) electrons. The number of hydrogen-bond donors (Lipinski definition) is 0. The van der Waals surface area contributed by atoms with Gasteiger partial charge in [0.2, 0.25) is 0 Å². The van der Waals surface area contributed by atoms with E-state index >= 15 is 0 Å². The first-order valence-corrected chi connectivity index (χ1v) is 49.4. The molecule has 0 bridgehead atoms. The summed E-state index contributed by atoms with van der Waals surface area (Å²) in [7, 11) is 0. The van der Waals surface area contributed by atoms with Crippen molar-refractivity contribution in [2.24, 2.45) is 0 Å². The van der Waals surface area contributed by atoms with Crippen molar-refractivity contribution in [2.45, 2.75) is 57.8 Å². The molecule has 6 aromatic heterocycles. The molecule has 18 aromatic carbocycles. The van der Waals surface area contributed by atoms with Crippen molar-refractivity contribution in [2.75, 3.05) is 0 Å². The SMILES string of the molecule is [C-]#[N+]c1cc(-n2c3ccccc3c3c4c(ccc32)-c2ccccc2C4(C)C)c(C#N)cc1-c1nc(-c2ccccc2)nc(-c2ccccc2)n1.[C-]#[N+]c1cc(-n2c3ccccc3c3c4c(ccc32)C(C)(C)c2ccccc2-4)c(C#N)cc1-c1nc(-c2ccccc2)nc(-c2ccccc2)n1.[C-]#[N+]c1cc(-n2c3ccccc3c3cc4c(cc32)-c2ccccc2C4(C)C)c(C#N)cc1-c1nc(-c2ccccc2)nc(-c2ccccc2)n1. The summed E-state index contributed by atoms with van der Waals surface area (Å²) in [6.45, 7) is 38.7. The topological polar surface area (TPSA) is 215 Å². The zero-order valence-corrected chi connectivity index (χ0v) is 82.2. The molecule has 0 N–H and O–H groups in total. The molecular weight excluding hydrogens is 1840 g/mol. The smallest absolute Gasteiger partial charge is 0.200 e. The number of nitriles is 3. The first-order valence-electron chi connectivity index (χ1n) is 49.4. The van der Waals surface area contributed by atoms with E-state index in [0.717, 1.165) is 98.8 Å². The fraction of sp³-hybridized carbons (Fsp3) is 0.0682. The Bertz CT molecular complexity index is 9670. The lowest BCUT2D eigenvalue weighted by molar-refractivity contribution is 0.661. The van der Waals surface area contributed by atoms with Gasteiger partial charge in [-0.1, -0.05) is 363 Å². The van der Waals surface area contributed by atoms with Crippen molar-refractivity contribution in [3.63, 3.8) is 0 Å². The molecule has 18 heteroatoms. The Morgan fingerprint density at radius 2 is 0.513 bits per heavy atom. The fourth-order valence-corrected chi connectivity index (χ4v) is 22.7. The van der Waals surface area contributed by atoms with Crippen LogP contribution in [0.3, 0.4) is 0 Å². The third kappa shape index (κ3) is 14.7. The minimum absolute atomic E-state index is 0.151. The highest BCUT2D eigenvalue weighted by Crippen LogP contribution is 2.58. The molecule has 0 amide bonds. The molecule has 0 fully saturated rings. The van der Waals surface area contributed by atoms with Gasteiger partial charge < -0.3 is 13.7 Å². The van der Waals surface area contributed by atoms with Gasteiger partial charge in [0.1, 0.15) is 18.2 Å². The van der Waals surface area contributed by atoms with Crippen molar-refractivity contribution in [3.05, 3.63) is 485 Å². The summed E-state index contributed by atoms with van der Waals surface area (Å²) in [5.41, 5.74) is 31.1. The predicted molar refractivity (Wildman–Crippen MR) is 597 cm³/mol. The van der Waals surface area contributed by atoms with Gasteiger partial charge in [0.25, 0.3) is 0 Å². The average molecular weight is 1920 g/mol. The number of rotatable bonds is 12. The normalized spacial score (nSPS) is 12.7. The second-order valence-electron chi connectivity index (χ2n) is 39.2. The highest BCUT2D eigenvalue weighted by molar-refractivity contribution is 6.19. The summed E-state index contributed by atoms with van der Waals surface area (Å²) in [5.74, 6) is 3.97. The van der Waals surface area contributed by atoms with Gasteiger partial charge in [-0.25, -0.2) is 59.4 Å². The van der Waals surface area contributed by atoms with E-state index in [1.165, 1.54) is 66.8 Å². The minimum Gasteiger partial charge on any atom is -0.309 e. The Kier molecular flexibility index (Phi) is 21.8. The van der Waals surface area contributed by atoms with Crippen molar-refractivity contribution < 1.29 is 0 Å². The molecule has 0 aliphatic heterocycles. The predicted octanol–water partition coefficient (Wildman–Crippen LogP) is 32.1. The third-order valence-corrected chi connectivity index (χ3v) is 29.7. The first-order chi connectivity index (χ1) is 73.4. The Morgan fingerprint density at radius 1 is 0.220 bits per heavy atom. The van der Waals surface area contributed by atoms with E-state index < -0.39 is 0 Å². The van der Waals surface area contributed by atoms with Crippen LogP contribution in [0.15, 0.2) is 400 Å². The first kappa shape index (κ1) is 90.6. The maximum absolute atomic E-state index is 10.7. The van der Waals surface area contributed by atoms with E-state index in [2.05, 4.69) is 246 Å². The van der Waals surface area contributed by atoms with Crippen LogP contribution in [0.2, 0.25) is 0 Å². The van der Waals surface area contributed by atoms with E-state index in [9.17, 15) is 15.8 Å². The lowest BCUT2D eigenvalue weighted by atomic mass is 9.80. The van der Waals surface area contributed by atoms with Crippen LogP contribution in [-0.4, -0.2) is 58.6 Å². The Hall–Kier alpha value is -20.7. The van der Waals surface area contributed by atoms with Gasteiger partial charge >= 0.3 is 0 Å². The molecule has 27 rings (SSSR count). The van der Waals surface area contributed by atoms with Crippen LogP contribution < -0.4 is 0 Å². The number of hydrogen-bond acceptors (Lipinski definition) is 12. The molecule has 702 valence electrons. The summed E-state index contributed by atoms with van der Waals surface area (Å²) < 4.78 is 6.40. The van der Waals surface area contributed by atoms with Crippen molar-refractivity contribution >= 4 is 82.5 Å². The molecule has 150 heavy (non-hydrogen) atoms. The van der Waals surface area contributed by atoms with Crippen molar-refractivity contribution in [1.82, 2.24) is 58.6 Å². The van der Waals surface area contributed by atoms with E-state index in [-0.39, 0.29) is 16.2 Å². The monoisotopic (exact) mass is 1920 g/mol. The standard InChI is InChI=1S/3C44H28N6/c1-44(2)35-20-12-10-18-30(35)32-24-40-33(23-36(32)44)31-19-11-13-21-38(31)50(40)39-25-37(46-3)34(22-29(39)26-45)43-48-41(27-14-6-4-7-15-27)47-42(49-43)28-16-8-5-9-17-28;1-44(2)34-20-12-10-18-30(34)31-22-23-37-39(40(31)44)32-19-11-13-21-36(32)50(37)38-25-35(46-3)33(24-29(38)26-45)43-48-41(27-14-6-4-7-15-27)47-42(49-43)28-16-8-5-9-17-28;1-44(2)33-20-12-10-18-30(33)39-34(44)22-23-37-40(39)31-19-11-13-21-36(31)50(37)38-25-35(46-3)32(24-29(38)26-45)43-48-41(27-14-6-4-7-15-27)47-42(49-43)28-16-8-5-9-17-28/h3*4-25H,1-2H3. The Balaban J connectivity index is 0.000000116. The Morgan fingerprint density at radius 3 is 0.900 bits per heavy atom. The van der Waals surface area contributed by atoms with E-state index in [0.29, 0.717) is 120 Å². The number of benzene rings is 18. The minimum atomic E-state index is -0.227. The molecule has 18 nitrogen and oxygen atoms in total. The van der Waals surface area contributed by atoms with Gasteiger partial charge in [-0.3, -0.25) is 0 Å². The maximum Gasteiger partial charge on any atom is 0.200 e. The van der Waals surface area contributed by atoms with Crippen LogP contribution >= 0.6 is 0 Å². The van der Waals surface area contributed by atoms with E-state index in [4.69, 9.17) is 64.6 Å². The Labute approximate surface area is 864 Å². The van der Waals surface area contributed by atoms with Gasteiger partial charge in [0, 0.05) is 98.6 Å². The van der Waals surface area contributed by atoms with Crippen LogP contribution in [0.5, 0.6) is 0 Å². The van der Waals surface area contributed by atoms with Gasteiger partial charge in [-0.05, 0) is 146 Å². The van der Waals surface area contributed by atoms with E-state index in [1.807, 2.05) is 224 Å². The molecule has 3 aliphatic rings. The molecule has 3 aliphatic carbocycles. The van der Waals surface area contributed by atoms with Crippen LogP contribution in [0.1, 0.15) is 91.6 Å². The second-order valence-corrected chi connectivity index (χ2v) is 39.2. The summed E-state index contributed by atoms with van der Waals surface area (Å²) in [5, 5.41) is 38.9. The number of fused-ring (bicyclic) bond motifs is 20. The van der Waals surface area contributed by atoms with Crippen LogP contribution in [0.25, 0.3) is 233 Å². The summed E-state index contributed by atoms with van der Waals surface area (Å²) >= 11 is 0. The highest BCUT2D eigenvalue weighted by Gasteiger charge is 2.42. The maximum atomic E-state index is 10.7. The molecule has 0 saturated carbocycles. The zero-order chi connectivity index (χ0) is 102. The summed E-state index contributed by atoms with van der Waals surface area (Å²) in [4.78, 5) is 55.6. The average Bonchev–Trinajstić information content (AvgIpc) is 1.54. The lowest BCUT2D eigenvalue weighted by Gasteiger charge is -2.22. The lowest BCUT2D eigenvalue weighted by Crippen LogP contribution is -2.15. The molecule has 0 atom stereocenters. The van der Waals surface area contributed by atoms with Gasteiger partial charge in [0.05, 0.1) is 86.6 Å². The van der Waals surface area contributed by atoms with Gasteiger partial charge in [0.15, 0.2) is 69.5 Å². The number of nitrogens with zero attached hydrogens (tertiary/aromatic N) is 18. The number of aromatic nitrogens is 12.